The number of ether oxygens (including phenoxy) is 2. The normalized spacial score (nSPS) is 10.3. The molecule has 0 aliphatic rings. The monoisotopic (exact) mass is 471 g/mol. The van der Waals surface area contributed by atoms with E-state index in [2.05, 4.69) is 23.1 Å². The molecule has 0 aromatic heterocycles. The molecular formula is C25H33N3O4S. The molecular weight excluding hydrogens is 438 g/mol. The maximum Gasteiger partial charge on any atom is 0.276 e. The number of hydrogen-bond acceptors (Lipinski definition) is 5. The zero-order chi connectivity index (χ0) is 24.1. The SMILES string of the molecule is CCCCCCCOc1ccc(C(=O)NC(=S)NNC(=O)COc2ccc(C)cc2C)cc1. The van der Waals surface area contributed by atoms with Gasteiger partial charge in [0.05, 0.1) is 6.61 Å². The van der Waals surface area contributed by atoms with Crippen molar-refractivity contribution < 1.29 is 19.1 Å². The Morgan fingerprint density at radius 2 is 1.64 bits per heavy atom. The van der Waals surface area contributed by atoms with Crippen LogP contribution in [-0.4, -0.2) is 30.1 Å². The summed E-state index contributed by atoms with van der Waals surface area (Å²) in [7, 11) is 0. The van der Waals surface area contributed by atoms with Crippen LogP contribution in [0.15, 0.2) is 42.5 Å². The van der Waals surface area contributed by atoms with Gasteiger partial charge in [-0.2, -0.15) is 0 Å². The fourth-order valence-electron chi connectivity index (χ4n) is 3.07. The molecule has 0 heterocycles. The molecule has 7 nitrogen and oxygen atoms in total. The summed E-state index contributed by atoms with van der Waals surface area (Å²) >= 11 is 5.06. The summed E-state index contributed by atoms with van der Waals surface area (Å²) in [5.74, 6) is 0.538. The van der Waals surface area contributed by atoms with Crippen molar-refractivity contribution in [3.63, 3.8) is 0 Å². The molecule has 2 aromatic rings. The fourth-order valence-corrected chi connectivity index (χ4v) is 3.22. The number of nitrogens with one attached hydrogen (secondary N) is 3. The standard InChI is InChI=1S/C25H33N3O4S/c1-4-5-6-7-8-15-31-21-12-10-20(11-13-21)24(30)26-25(33)28-27-23(29)17-32-22-14-9-18(2)16-19(22)3/h9-14,16H,4-8,15,17H2,1-3H3,(H,27,29)(H2,26,28,30,33). The molecule has 0 spiro atoms. The number of benzene rings is 2. The number of carbonyl (C=O) groups is 2. The minimum absolute atomic E-state index is 0.0210. The average molecular weight is 472 g/mol. The van der Waals surface area contributed by atoms with Crippen LogP contribution in [0.25, 0.3) is 0 Å². The minimum Gasteiger partial charge on any atom is -0.494 e. The molecule has 0 aliphatic carbocycles. The van der Waals surface area contributed by atoms with Gasteiger partial charge in [-0.3, -0.25) is 25.8 Å². The van der Waals surface area contributed by atoms with Gasteiger partial charge >= 0.3 is 0 Å². The summed E-state index contributed by atoms with van der Waals surface area (Å²) in [4.78, 5) is 24.3. The lowest BCUT2D eigenvalue weighted by Gasteiger charge is -2.12. The Labute approximate surface area is 201 Å². The van der Waals surface area contributed by atoms with Gasteiger partial charge in [-0.1, -0.05) is 50.3 Å². The molecule has 0 unspecified atom stereocenters. The van der Waals surface area contributed by atoms with E-state index in [-0.39, 0.29) is 17.6 Å². The van der Waals surface area contributed by atoms with Gasteiger partial charge in [-0.15, -0.1) is 0 Å². The Bertz CT molecular complexity index is 932. The van der Waals surface area contributed by atoms with Crippen LogP contribution >= 0.6 is 12.2 Å². The number of rotatable bonds is 11. The predicted octanol–water partition coefficient (Wildman–Crippen LogP) is 4.37. The molecule has 0 radical (unpaired) electrons. The average Bonchev–Trinajstić information content (AvgIpc) is 2.79. The van der Waals surface area contributed by atoms with Crippen LogP contribution in [0.5, 0.6) is 11.5 Å². The van der Waals surface area contributed by atoms with E-state index in [0.717, 1.165) is 29.7 Å². The number of hydrazine groups is 1. The summed E-state index contributed by atoms with van der Waals surface area (Å²) in [5.41, 5.74) is 7.39. The lowest BCUT2D eigenvalue weighted by molar-refractivity contribution is -0.123. The van der Waals surface area contributed by atoms with Crippen molar-refractivity contribution in [3.05, 3.63) is 59.2 Å². The molecule has 2 rings (SSSR count). The molecule has 33 heavy (non-hydrogen) atoms. The molecule has 2 amide bonds. The van der Waals surface area contributed by atoms with Gasteiger partial charge in [0.1, 0.15) is 11.5 Å². The van der Waals surface area contributed by atoms with E-state index < -0.39 is 5.91 Å². The first kappa shape index (κ1) is 26.1. The Morgan fingerprint density at radius 1 is 0.909 bits per heavy atom. The van der Waals surface area contributed by atoms with Crippen molar-refractivity contribution in [3.8, 4) is 11.5 Å². The smallest absolute Gasteiger partial charge is 0.276 e. The Kier molecular flexibility index (Phi) is 11.2. The lowest BCUT2D eigenvalue weighted by Crippen LogP contribution is -2.49. The molecule has 0 atom stereocenters. The highest BCUT2D eigenvalue weighted by molar-refractivity contribution is 7.80. The Hall–Kier alpha value is -3.13. The zero-order valence-corrected chi connectivity index (χ0v) is 20.3. The zero-order valence-electron chi connectivity index (χ0n) is 19.5. The molecule has 2 aromatic carbocycles. The molecule has 8 heteroatoms. The van der Waals surface area contributed by atoms with Gasteiger partial charge in [-0.05, 0) is 68.4 Å². The van der Waals surface area contributed by atoms with Gasteiger partial charge in [0.25, 0.3) is 11.8 Å². The highest BCUT2D eigenvalue weighted by Crippen LogP contribution is 2.18. The summed E-state index contributed by atoms with van der Waals surface area (Å²) < 4.78 is 11.2. The van der Waals surface area contributed by atoms with Crippen LogP contribution in [0, 0.1) is 13.8 Å². The van der Waals surface area contributed by atoms with E-state index in [1.165, 1.54) is 19.3 Å². The number of aryl methyl sites for hydroxylation is 2. The van der Waals surface area contributed by atoms with Crippen LogP contribution in [-0.2, 0) is 4.79 Å². The van der Waals surface area contributed by atoms with Gasteiger partial charge in [0, 0.05) is 5.56 Å². The molecule has 0 saturated heterocycles. The van der Waals surface area contributed by atoms with Crippen molar-refractivity contribution in [2.75, 3.05) is 13.2 Å². The number of amides is 2. The molecule has 0 bridgehead atoms. The van der Waals surface area contributed by atoms with Crippen molar-refractivity contribution in [2.45, 2.75) is 52.9 Å². The minimum atomic E-state index is -0.428. The van der Waals surface area contributed by atoms with E-state index in [1.54, 1.807) is 24.3 Å². The summed E-state index contributed by atoms with van der Waals surface area (Å²) in [5, 5.41) is 2.50. The van der Waals surface area contributed by atoms with Crippen molar-refractivity contribution in [1.29, 1.82) is 0 Å². The highest BCUT2D eigenvalue weighted by Gasteiger charge is 2.10. The third-order valence-electron chi connectivity index (χ3n) is 4.86. The van der Waals surface area contributed by atoms with Crippen LogP contribution in [0.1, 0.15) is 60.5 Å². The second kappa shape index (κ2) is 14.1. The fraction of sp³-hybridized carbons (Fsp3) is 0.400. The van der Waals surface area contributed by atoms with E-state index >= 15 is 0 Å². The first-order chi connectivity index (χ1) is 15.9. The highest BCUT2D eigenvalue weighted by atomic mass is 32.1. The number of thiocarbonyl (C=S) groups is 1. The van der Waals surface area contributed by atoms with Crippen molar-refractivity contribution in [1.82, 2.24) is 16.2 Å². The molecule has 178 valence electrons. The molecule has 0 aliphatic heterocycles. The van der Waals surface area contributed by atoms with Crippen LogP contribution < -0.4 is 25.6 Å². The number of carbonyl (C=O) groups excluding carboxylic acids is 2. The Morgan fingerprint density at radius 3 is 2.33 bits per heavy atom. The topological polar surface area (TPSA) is 88.7 Å². The van der Waals surface area contributed by atoms with Gasteiger partial charge < -0.3 is 9.47 Å². The van der Waals surface area contributed by atoms with Gasteiger partial charge in [0.2, 0.25) is 0 Å². The molecule has 0 fully saturated rings. The third-order valence-corrected chi connectivity index (χ3v) is 5.07. The number of hydrogen-bond donors (Lipinski definition) is 3. The van der Waals surface area contributed by atoms with E-state index in [9.17, 15) is 9.59 Å². The number of unbranched alkanes of at least 4 members (excludes halogenated alkanes) is 4. The molecule has 3 N–H and O–H groups in total. The summed E-state index contributed by atoms with van der Waals surface area (Å²) in [6, 6.07) is 12.6. The van der Waals surface area contributed by atoms with Crippen LogP contribution in [0.2, 0.25) is 0 Å². The van der Waals surface area contributed by atoms with Crippen molar-refractivity contribution in [2.24, 2.45) is 0 Å². The van der Waals surface area contributed by atoms with Gasteiger partial charge in [0.15, 0.2) is 11.7 Å². The maximum atomic E-state index is 12.3. The van der Waals surface area contributed by atoms with Crippen LogP contribution in [0.3, 0.4) is 0 Å². The second-order valence-electron chi connectivity index (χ2n) is 7.80. The van der Waals surface area contributed by atoms with E-state index in [1.807, 2.05) is 32.0 Å². The first-order valence-electron chi connectivity index (χ1n) is 11.2. The second-order valence-corrected chi connectivity index (χ2v) is 8.21. The molecule has 0 saturated carbocycles. The summed E-state index contributed by atoms with van der Waals surface area (Å²) in [6.45, 7) is 6.57. The first-order valence-corrected chi connectivity index (χ1v) is 11.6. The van der Waals surface area contributed by atoms with E-state index in [4.69, 9.17) is 21.7 Å². The largest absolute Gasteiger partial charge is 0.494 e. The van der Waals surface area contributed by atoms with E-state index in [0.29, 0.717) is 17.9 Å². The summed E-state index contributed by atoms with van der Waals surface area (Å²) in [6.07, 6.45) is 5.88. The predicted molar refractivity (Wildman–Crippen MR) is 133 cm³/mol. The maximum absolute atomic E-state index is 12.3. The van der Waals surface area contributed by atoms with Crippen LogP contribution in [0.4, 0.5) is 0 Å². The quantitative estimate of drug-likeness (QED) is 0.256. The lowest BCUT2D eigenvalue weighted by atomic mass is 10.1. The Balaban J connectivity index is 1.67. The van der Waals surface area contributed by atoms with Gasteiger partial charge in [-0.25, -0.2) is 0 Å². The third kappa shape index (κ3) is 9.91. The van der Waals surface area contributed by atoms with Crippen molar-refractivity contribution >= 4 is 29.1 Å².